The van der Waals surface area contributed by atoms with Gasteiger partial charge < -0.3 is 19.1 Å². The van der Waals surface area contributed by atoms with E-state index in [-0.39, 0.29) is 18.4 Å². The highest BCUT2D eigenvalue weighted by atomic mass is 32.1. The van der Waals surface area contributed by atoms with Crippen LogP contribution in [0.4, 0.5) is 5.69 Å². The number of aryl methyl sites for hydroxylation is 2. The van der Waals surface area contributed by atoms with Gasteiger partial charge in [-0.1, -0.05) is 17.3 Å². The molecule has 0 unspecified atom stereocenters. The molecule has 3 aromatic heterocycles. The molecule has 0 bridgehead atoms. The summed E-state index contributed by atoms with van der Waals surface area (Å²) in [6.07, 6.45) is -0.806. The van der Waals surface area contributed by atoms with Crippen molar-refractivity contribution in [3.05, 3.63) is 58.6 Å². The minimum Gasteiger partial charge on any atom is -0.476 e. The highest BCUT2D eigenvalue weighted by molar-refractivity contribution is 7.15. The van der Waals surface area contributed by atoms with Crippen LogP contribution in [0.1, 0.15) is 20.9 Å². The Labute approximate surface area is 194 Å². The molecule has 168 valence electrons. The standard InChI is InChI=1S/C24H22N4O4S/c1-13-9-10-20(33-13)16-11-15(21-14(2)26-32-22(21)25-16)23(29)28-12-19(24(30)27(3)4)31-18-8-6-5-7-17(18)28/h5-11,19H,12H2,1-4H3/t19-/m0/s1. The Morgan fingerprint density at radius 1 is 1.15 bits per heavy atom. The molecule has 9 heteroatoms. The van der Waals surface area contributed by atoms with Crippen LogP contribution in [0.3, 0.4) is 0 Å². The lowest BCUT2D eigenvalue weighted by Crippen LogP contribution is -2.50. The number of anilines is 1. The predicted molar refractivity (Wildman–Crippen MR) is 126 cm³/mol. The van der Waals surface area contributed by atoms with Crippen molar-refractivity contribution >= 4 is 39.9 Å². The Balaban J connectivity index is 1.64. The van der Waals surface area contributed by atoms with Crippen molar-refractivity contribution in [2.24, 2.45) is 0 Å². The molecule has 4 heterocycles. The fourth-order valence-corrected chi connectivity index (χ4v) is 4.78. The first kappa shape index (κ1) is 21.1. The fourth-order valence-electron chi connectivity index (χ4n) is 3.95. The SMILES string of the molecule is Cc1ccc(-c2cc(C(=O)N3C[C@@H](C(=O)N(C)C)Oc4ccccc43)c3c(C)noc3n2)s1. The van der Waals surface area contributed by atoms with Crippen LogP contribution in [-0.2, 0) is 4.79 Å². The van der Waals surface area contributed by atoms with Crippen LogP contribution in [-0.4, -0.2) is 53.6 Å². The van der Waals surface area contributed by atoms with Gasteiger partial charge in [-0.05, 0) is 44.2 Å². The van der Waals surface area contributed by atoms with Gasteiger partial charge in [0.25, 0.3) is 17.5 Å². The number of nitrogens with zero attached hydrogens (tertiary/aromatic N) is 4. The fraction of sp³-hybridized carbons (Fsp3) is 0.250. The first-order chi connectivity index (χ1) is 15.8. The van der Waals surface area contributed by atoms with Gasteiger partial charge in [-0.2, -0.15) is 0 Å². The van der Waals surface area contributed by atoms with Gasteiger partial charge in [-0.3, -0.25) is 9.59 Å². The molecular weight excluding hydrogens is 440 g/mol. The van der Waals surface area contributed by atoms with Gasteiger partial charge in [0, 0.05) is 19.0 Å². The van der Waals surface area contributed by atoms with E-state index in [4.69, 9.17) is 9.26 Å². The predicted octanol–water partition coefficient (Wildman–Crippen LogP) is 4.06. The second-order valence-corrected chi connectivity index (χ2v) is 9.42. The molecule has 5 rings (SSSR count). The van der Waals surface area contributed by atoms with Crippen LogP contribution in [0.2, 0.25) is 0 Å². The Bertz CT molecular complexity index is 1390. The van der Waals surface area contributed by atoms with E-state index in [2.05, 4.69) is 10.1 Å². The van der Waals surface area contributed by atoms with E-state index >= 15 is 0 Å². The Kier molecular flexibility index (Phi) is 5.13. The molecule has 8 nitrogen and oxygen atoms in total. The number of likely N-dealkylation sites (N-methyl/N-ethyl adjacent to an activating group) is 1. The van der Waals surface area contributed by atoms with Gasteiger partial charge in [0.2, 0.25) is 0 Å². The van der Waals surface area contributed by atoms with E-state index < -0.39 is 6.10 Å². The van der Waals surface area contributed by atoms with Crippen LogP contribution >= 0.6 is 11.3 Å². The molecule has 0 radical (unpaired) electrons. The first-order valence-electron chi connectivity index (χ1n) is 10.5. The quantitative estimate of drug-likeness (QED) is 0.456. The maximum atomic E-state index is 14.0. The number of carbonyl (C=O) groups is 2. The summed E-state index contributed by atoms with van der Waals surface area (Å²) in [5.41, 5.74) is 2.56. The summed E-state index contributed by atoms with van der Waals surface area (Å²) in [5.74, 6) is 0.00682. The van der Waals surface area contributed by atoms with Crippen LogP contribution < -0.4 is 9.64 Å². The number of ether oxygens (including phenoxy) is 1. The van der Waals surface area contributed by atoms with Crippen molar-refractivity contribution in [3.63, 3.8) is 0 Å². The lowest BCUT2D eigenvalue weighted by molar-refractivity contribution is -0.135. The molecule has 1 aliphatic rings. The average Bonchev–Trinajstić information content (AvgIpc) is 3.42. The minimum atomic E-state index is -0.806. The largest absolute Gasteiger partial charge is 0.476 e. The van der Waals surface area contributed by atoms with Crippen molar-refractivity contribution in [2.45, 2.75) is 20.0 Å². The molecule has 33 heavy (non-hydrogen) atoms. The summed E-state index contributed by atoms with van der Waals surface area (Å²) in [7, 11) is 3.33. The Hall–Kier alpha value is -3.72. The Morgan fingerprint density at radius 2 is 1.94 bits per heavy atom. The summed E-state index contributed by atoms with van der Waals surface area (Å²) < 4.78 is 11.4. The molecule has 0 aliphatic carbocycles. The third-order valence-corrected chi connectivity index (χ3v) is 6.60. The average molecular weight is 463 g/mol. The van der Waals surface area contributed by atoms with Gasteiger partial charge in [-0.25, -0.2) is 4.98 Å². The number of amides is 2. The van der Waals surface area contributed by atoms with Crippen LogP contribution in [0.25, 0.3) is 21.7 Å². The summed E-state index contributed by atoms with van der Waals surface area (Å²) in [6.45, 7) is 3.89. The molecule has 0 N–H and O–H groups in total. The number of fused-ring (bicyclic) bond motifs is 2. The van der Waals surface area contributed by atoms with Crippen LogP contribution in [0, 0.1) is 13.8 Å². The van der Waals surface area contributed by atoms with Gasteiger partial charge in [-0.15, -0.1) is 11.3 Å². The van der Waals surface area contributed by atoms with E-state index in [1.807, 2.05) is 37.3 Å². The van der Waals surface area contributed by atoms with Crippen molar-refractivity contribution in [2.75, 3.05) is 25.5 Å². The summed E-state index contributed by atoms with van der Waals surface area (Å²) >= 11 is 1.59. The summed E-state index contributed by atoms with van der Waals surface area (Å²) in [6, 6.07) is 13.0. The molecule has 0 spiro atoms. The minimum absolute atomic E-state index is 0.0917. The van der Waals surface area contributed by atoms with E-state index in [1.165, 1.54) is 4.90 Å². The number of benzene rings is 1. The zero-order chi connectivity index (χ0) is 23.3. The smallest absolute Gasteiger partial charge is 0.265 e. The maximum absolute atomic E-state index is 14.0. The van der Waals surface area contributed by atoms with Crippen LogP contribution in [0.5, 0.6) is 5.75 Å². The summed E-state index contributed by atoms with van der Waals surface area (Å²) in [5, 5.41) is 4.61. The summed E-state index contributed by atoms with van der Waals surface area (Å²) in [4.78, 5) is 36.4. The van der Waals surface area contributed by atoms with Gasteiger partial charge in [0.1, 0.15) is 5.75 Å². The normalized spacial score (nSPS) is 15.3. The zero-order valence-corrected chi connectivity index (χ0v) is 19.5. The van der Waals surface area contributed by atoms with E-state index in [1.54, 1.807) is 49.4 Å². The Morgan fingerprint density at radius 3 is 2.67 bits per heavy atom. The van der Waals surface area contributed by atoms with Crippen molar-refractivity contribution in [3.8, 4) is 16.3 Å². The number of pyridine rings is 1. The molecule has 2 amide bonds. The first-order valence-corrected chi connectivity index (χ1v) is 11.3. The monoisotopic (exact) mass is 462 g/mol. The van der Waals surface area contributed by atoms with Crippen molar-refractivity contribution in [1.29, 1.82) is 0 Å². The second-order valence-electron chi connectivity index (χ2n) is 8.14. The van der Waals surface area contributed by atoms with E-state index in [0.29, 0.717) is 39.5 Å². The molecule has 4 aromatic rings. The molecule has 1 aromatic carbocycles. The number of rotatable bonds is 3. The molecule has 0 saturated heterocycles. The zero-order valence-electron chi connectivity index (χ0n) is 18.7. The molecule has 0 fully saturated rings. The highest BCUT2D eigenvalue weighted by Crippen LogP contribution is 2.37. The molecule has 1 aliphatic heterocycles. The van der Waals surface area contributed by atoms with Crippen LogP contribution in [0.15, 0.2) is 47.0 Å². The van der Waals surface area contributed by atoms with Crippen molar-refractivity contribution in [1.82, 2.24) is 15.0 Å². The van der Waals surface area contributed by atoms with Gasteiger partial charge >= 0.3 is 0 Å². The number of thiophene rings is 1. The number of hydrogen-bond acceptors (Lipinski definition) is 7. The topological polar surface area (TPSA) is 88.8 Å². The lowest BCUT2D eigenvalue weighted by Gasteiger charge is -2.35. The lowest BCUT2D eigenvalue weighted by atomic mass is 10.1. The molecule has 0 saturated carbocycles. The van der Waals surface area contributed by atoms with E-state index in [9.17, 15) is 9.59 Å². The van der Waals surface area contributed by atoms with Crippen molar-refractivity contribution < 1.29 is 18.8 Å². The number of para-hydroxylation sites is 2. The van der Waals surface area contributed by atoms with Gasteiger partial charge in [0.05, 0.1) is 39.4 Å². The number of carbonyl (C=O) groups excluding carboxylic acids is 2. The third-order valence-electron chi connectivity index (χ3n) is 5.58. The van der Waals surface area contributed by atoms with E-state index in [0.717, 1.165) is 9.75 Å². The maximum Gasteiger partial charge on any atom is 0.265 e. The van der Waals surface area contributed by atoms with Gasteiger partial charge in [0.15, 0.2) is 6.10 Å². The molecular formula is C24H22N4O4S. The second kappa shape index (κ2) is 8.00. The highest BCUT2D eigenvalue weighted by Gasteiger charge is 2.36. The third kappa shape index (κ3) is 3.64. The number of aromatic nitrogens is 2. The molecule has 1 atom stereocenters. The number of hydrogen-bond donors (Lipinski definition) is 0.